The zero-order valence-corrected chi connectivity index (χ0v) is 12.8. The fourth-order valence-electron chi connectivity index (χ4n) is 2.16. The SMILES string of the molecule is O=C=Nc1ccc(C(=O)c2ccc(N=C=O)c(C(=O)O)c2)cc1C(=O)O. The summed E-state index contributed by atoms with van der Waals surface area (Å²) in [6.45, 7) is 0. The first-order chi connectivity index (χ1) is 12.4. The Morgan fingerprint density at radius 3 is 1.42 bits per heavy atom. The lowest BCUT2D eigenvalue weighted by atomic mass is 9.98. The van der Waals surface area contributed by atoms with E-state index in [1.165, 1.54) is 24.3 Å². The monoisotopic (exact) mass is 352 g/mol. The molecule has 0 atom stereocenters. The molecule has 2 rings (SSSR count). The minimum atomic E-state index is -1.41. The molecule has 0 bridgehead atoms. The average Bonchev–Trinajstić information content (AvgIpc) is 2.62. The molecule has 128 valence electrons. The van der Waals surface area contributed by atoms with Gasteiger partial charge in [0.25, 0.3) is 0 Å². The van der Waals surface area contributed by atoms with Crippen molar-refractivity contribution in [3.63, 3.8) is 0 Å². The summed E-state index contributed by atoms with van der Waals surface area (Å²) in [5.41, 5.74) is -1.25. The van der Waals surface area contributed by atoms with Gasteiger partial charge < -0.3 is 10.2 Å². The molecule has 2 N–H and O–H groups in total. The van der Waals surface area contributed by atoms with Gasteiger partial charge in [0.2, 0.25) is 12.2 Å². The van der Waals surface area contributed by atoms with Crippen LogP contribution in [0.5, 0.6) is 0 Å². The van der Waals surface area contributed by atoms with Crippen molar-refractivity contribution in [2.75, 3.05) is 0 Å². The quantitative estimate of drug-likeness (QED) is 0.459. The summed E-state index contributed by atoms with van der Waals surface area (Å²) in [4.78, 5) is 62.2. The highest BCUT2D eigenvalue weighted by molar-refractivity contribution is 6.12. The van der Waals surface area contributed by atoms with Crippen molar-refractivity contribution in [3.8, 4) is 0 Å². The summed E-state index contributed by atoms with van der Waals surface area (Å²) in [5, 5.41) is 18.3. The third kappa shape index (κ3) is 3.65. The lowest BCUT2D eigenvalue weighted by Gasteiger charge is -2.06. The molecule has 26 heavy (non-hydrogen) atoms. The Bertz CT molecular complexity index is 948. The third-order valence-electron chi connectivity index (χ3n) is 3.31. The molecule has 0 fully saturated rings. The largest absolute Gasteiger partial charge is 0.478 e. The molecular weight excluding hydrogens is 344 g/mol. The Morgan fingerprint density at radius 1 is 0.731 bits per heavy atom. The summed E-state index contributed by atoms with van der Waals surface area (Å²) in [5.74, 6) is -3.48. The van der Waals surface area contributed by atoms with Crippen LogP contribution in [0.15, 0.2) is 46.4 Å². The molecule has 9 heteroatoms. The highest BCUT2D eigenvalue weighted by Gasteiger charge is 2.18. The molecule has 0 aliphatic heterocycles. The van der Waals surface area contributed by atoms with E-state index in [4.69, 9.17) is 10.2 Å². The number of carbonyl (C=O) groups excluding carboxylic acids is 3. The molecule has 0 saturated heterocycles. The van der Waals surface area contributed by atoms with Crippen molar-refractivity contribution in [2.24, 2.45) is 9.98 Å². The van der Waals surface area contributed by atoms with Gasteiger partial charge in [-0.05, 0) is 36.4 Å². The van der Waals surface area contributed by atoms with Crippen LogP contribution in [-0.4, -0.2) is 40.1 Å². The van der Waals surface area contributed by atoms with Crippen molar-refractivity contribution < 1.29 is 34.2 Å². The Hall–Kier alpha value is -4.19. The van der Waals surface area contributed by atoms with E-state index in [1.54, 1.807) is 0 Å². The highest BCUT2D eigenvalue weighted by Crippen LogP contribution is 2.25. The number of carboxylic acid groups (broad SMARTS) is 2. The third-order valence-corrected chi connectivity index (χ3v) is 3.31. The minimum absolute atomic E-state index is 0.0600. The smallest absolute Gasteiger partial charge is 0.337 e. The molecule has 0 aromatic heterocycles. The van der Waals surface area contributed by atoms with E-state index >= 15 is 0 Å². The molecule has 2 aromatic carbocycles. The van der Waals surface area contributed by atoms with E-state index in [1.807, 2.05) is 0 Å². The number of isocyanates is 2. The average molecular weight is 352 g/mol. The van der Waals surface area contributed by atoms with Crippen LogP contribution < -0.4 is 0 Å². The van der Waals surface area contributed by atoms with Crippen LogP contribution in [0, 0.1) is 0 Å². The van der Waals surface area contributed by atoms with E-state index in [2.05, 4.69) is 9.98 Å². The second-order valence-electron chi connectivity index (χ2n) is 4.81. The number of aromatic carboxylic acids is 2. The summed E-state index contributed by atoms with van der Waals surface area (Å²) in [6.07, 6.45) is 2.43. The first-order valence-corrected chi connectivity index (χ1v) is 6.84. The lowest BCUT2D eigenvalue weighted by Crippen LogP contribution is -2.07. The number of ketones is 1. The van der Waals surface area contributed by atoms with Crippen molar-refractivity contribution in [1.29, 1.82) is 0 Å². The molecule has 2 aromatic rings. The van der Waals surface area contributed by atoms with E-state index in [9.17, 15) is 24.0 Å². The van der Waals surface area contributed by atoms with Gasteiger partial charge >= 0.3 is 11.9 Å². The van der Waals surface area contributed by atoms with Gasteiger partial charge in [0, 0.05) is 11.1 Å². The van der Waals surface area contributed by atoms with Gasteiger partial charge in [0.1, 0.15) is 0 Å². The van der Waals surface area contributed by atoms with Gasteiger partial charge in [-0.15, -0.1) is 0 Å². The number of nitrogens with zero attached hydrogens (tertiary/aromatic N) is 2. The van der Waals surface area contributed by atoms with Crippen LogP contribution in [0.2, 0.25) is 0 Å². The van der Waals surface area contributed by atoms with Crippen LogP contribution in [0.1, 0.15) is 36.6 Å². The van der Waals surface area contributed by atoms with E-state index in [0.717, 1.165) is 24.3 Å². The number of aliphatic imine (C=N–C) groups is 2. The number of hydrogen-bond donors (Lipinski definition) is 2. The highest BCUT2D eigenvalue weighted by atomic mass is 16.4. The fourth-order valence-corrected chi connectivity index (χ4v) is 2.16. The van der Waals surface area contributed by atoms with Gasteiger partial charge in [-0.25, -0.2) is 19.2 Å². The number of hydrogen-bond acceptors (Lipinski definition) is 7. The Kier molecular flexibility index (Phi) is 5.30. The van der Waals surface area contributed by atoms with E-state index < -0.39 is 17.7 Å². The number of carboxylic acids is 2. The Morgan fingerprint density at radius 2 is 1.12 bits per heavy atom. The number of rotatable bonds is 6. The van der Waals surface area contributed by atoms with E-state index in [-0.39, 0.29) is 33.6 Å². The van der Waals surface area contributed by atoms with Gasteiger partial charge in [-0.1, -0.05) is 0 Å². The predicted octanol–water partition coefficient (Wildman–Crippen LogP) is 2.25. The van der Waals surface area contributed by atoms with Gasteiger partial charge in [-0.2, -0.15) is 9.98 Å². The van der Waals surface area contributed by atoms with Crippen LogP contribution in [0.4, 0.5) is 11.4 Å². The standard InChI is InChI=1S/C17H8N2O7/c20-7-18-13-3-1-9(5-11(13)16(23)24)15(22)10-2-4-14(19-8-21)12(6-10)17(25)26/h1-6H,(H,23,24)(H,25,26). The zero-order valence-electron chi connectivity index (χ0n) is 12.8. The molecule has 0 aliphatic carbocycles. The summed E-state index contributed by atoms with van der Waals surface area (Å²) in [6, 6.07) is 6.82. The van der Waals surface area contributed by atoms with E-state index in [0.29, 0.717) is 0 Å². The summed E-state index contributed by atoms with van der Waals surface area (Å²) in [7, 11) is 0. The molecule has 0 saturated carbocycles. The Balaban J connectivity index is 2.55. The number of benzene rings is 2. The molecule has 0 heterocycles. The normalized spacial score (nSPS) is 9.54. The van der Waals surface area contributed by atoms with Crippen molar-refractivity contribution >= 4 is 41.3 Å². The molecule has 9 nitrogen and oxygen atoms in total. The second kappa shape index (κ2) is 7.59. The predicted molar refractivity (Wildman–Crippen MR) is 85.8 cm³/mol. The maximum absolute atomic E-state index is 12.5. The first kappa shape index (κ1) is 18.2. The molecule has 0 spiro atoms. The summed E-state index contributed by atoms with van der Waals surface area (Å²) < 4.78 is 0. The lowest BCUT2D eigenvalue weighted by molar-refractivity contribution is 0.0687. The minimum Gasteiger partial charge on any atom is -0.478 e. The van der Waals surface area contributed by atoms with Crippen molar-refractivity contribution in [3.05, 3.63) is 58.7 Å². The number of carbonyl (C=O) groups is 3. The van der Waals surface area contributed by atoms with Crippen LogP contribution in [-0.2, 0) is 9.59 Å². The topological polar surface area (TPSA) is 151 Å². The maximum atomic E-state index is 12.5. The van der Waals surface area contributed by atoms with Crippen molar-refractivity contribution in [1.82, 2.24) is 0 Å². The first-order valence-electron chi connectivity index (χ1n) is 6.84. The maximum Gasteiger partial charge on any atom is 0.337 e. The zero-order chi connectivity index (χ0) is 19.3. The molecule has 0 radical (unpaired) electrons. The molecular formula is C17H8N2O7. The second-order valence-corrected chi connectivity index (χ2v) is 4.81. The molecule has 0 aliphatic rings. The molecule has 0 amide bonds. The Labute approximate surface area is 144 Å². The molecule has 0 unspecified atom stereocenters. The van der Waals surface area contributed by atoms with Crippen LogP contribution >= 0.6 is 0 Å². The van der Waals surface area contributed by atoms with Crippen LogP contribution in [0.3, 0.4) is 0 Å². The van der Waals surface area contributed by atoms with Crippen molar-refractivity contribution in [2.45, 2.75) is 0 Å². The van der Waals surface area contributed by atoms with Gasteiger partial charge in [0.05, 0.1) is 22.5 Å². The summed E-state index contributed by atoms with van der Waals surface area (Å²) >= 11 is 0. The van der Waals surface area contributed by atoms with Gasteiger partial charge in [0.15, 0.2) is 5.78 Å². The van der Waals surface area contributed by atoms with Gasteiger partial charge in [-0.3, -0.25) is 4.79 Å². The fraction of sp³-hybridized carbons (Fsp3) is 0. The van der Waals surface area contributed by atoms with Crippen LogP contribution in [0.25, 0.3) is 0 Å².